The maximum absolute atomic E-state index is 13.6. The van der Waals surface area contributed by atoms with E-state index in [1.807, 2.05) is 35.9 Å². The van der Waals surface area contributed by atoms with Gasteiger partial charge in [-0.2, -0.15) is 0 Å². The fourth-order valence-electron chi connectivity index (χ4n) is 2.25. The van der Waals surface area contributed by atoms with Crippen LogP contribution in [0.4, 0.5) is 4.39 Å². The zero-order chi connectivity index (χ0) is 18.5. The number of nitrogens with zero attached hydrogens (tertiary/aromatic N) is 3. The first-order chi connectivity index (χ1) is 12.5. The SMILES string of the molecule is Cn1c(CNC(=O)c2ccccc2F)nnc1SCc1ccc(Br)cc1. The van der Waals surface area contributed by atoms with Crippen LogP contribution < -0.4 is 5.32 Å². The molecule has 0 aliphatic heterocycles. The number of thioether (sulfide) groups is 1. The predicted octanol–water partition coefficient (Wildman–Crippen LogP) is 3.94. The number of aromatic nitrogens is 3. The summed E-state index contributed by atoms with van der Waals surface area (Å²) >= 11 is 4.98. The zero-order valence-corrected chi connectivity index (χ0v) is 16.3. The molecule has 26 heavy (non-hydrogen) atoms. The Morgan fingerprint density at radius 2 is 1.92 bits per heavy atom. The molecule has 0 radical (unpaired) electrons. The highest BCUT2D eigenvalue weighted by Gasteiger charge is 2.13. The second kappa shape index (κ2) is 8.46. The lowest BCUT2D eigenvalue weighted by Crippen LogP contribution is -2.25. The number of carbonyl (C=O) groups is 1. The molecule has 3 aromatic rings. The quantitative estimate of drug-likeness (QED) is 0.596. The maximum atomic E-state index is 13.6. The average molecular weight is 435 g/mol. The predicted molar refractivity (Wildman–Crippen MR) is 102 cm³/mol. The molecule has 0 atom stereocenters. The van der Waals surface area contributed by atoms with Crippen molar-refractivity contribution in [2.75, 3.05) is 0 Å². The zero-order valence-electron chi connectivity index (χ0n) is 13.9. The summed E-state index contributed by atoms with van der Waals surface area (Å²) in [6, 6.07) is 14.0. The highest BCUT2D eigenvalue weighted by Crippen LogP contribution is 2.22. The van der Waals surface area contributed by atoms with Gasteiger partial charge in [0.05, 0.1) is 12.1 Å². The first kappa shape index (κ1) is 18.6. The van der Waals surface area contributed by atoms with Crippen molar-refractivity contribution < 1.29 is 9.18 Å². The second-order valence-corrected chi connectivity index (χ2v) is 7.39. The Kier molecular flexibility index (Phi) is 6.05. The third-order valence-corrected chi connectivity index (χ3v) is 5.35. The van der Waals surface area contributed by atoms with Crippen LogP contribution in [0.2, 0.25) is 0 Å². The average Bonchev–Trinajstić information content (AvgIpc) is 2.99. The number of amides is 1. The molecule has 0 bridgehead atoms. The van der Waals surface area contributed by atoms with E-state index in [4.69, 9.17) is 0 Å². The molecule has 0 saturated carbocycles. The Morgan fingerprint density at radius 3 is 2.65 bits per heavy atom. The minimum absolute atomic E-state index is 0.0134. The minimum atomic E-state index is -0.547. The number of hydrogen-bond acceptors (Lipinski definition) is 4. The number of rotatable bonds is 6. The summed E-state index contributed by atoms with van der Waals surface area (Å²) in [6.45, 7) is 0.176. The van der Waals surface area contributed by atoms with Gasteiger partial charge in [0.2, 0.25) is 0 Å². The van der Waals surface area contributed by atoms with Crippen LogP contribution in [0.3, 0.4) is 0 Å². The van der Waals surface area contributed by atoms with Crippen molar-refractivity contribution in [1.29, 1.82) is 0 Å². The molecule has 134 valence electrons. The van der Waals surface area contributed by atoms with Gasteiger partial charge in [-0.1, -0.05) is 52.0 Å². The van der Waals surface area contributed by atoms with Gasteiger partial charge >= 0.3 is 0 Å². The molecular weight excluding hydrogens is 419 g/mol. The number of hydrogen-bond donors (Lipinski definition) is 1. The molecule has 1 heterocycles. The van der Waals surface area contributed by atoms with Gasteiger partial charge < -0.3 is 9.88 Å². The van der Waals surface area contributed by atoms with Crippen LogP contribution in [0.1, 0.15) is 21.7 Å². The third kappa shape index (κ3) is 4.50. The normalized spacial score (nSPS) is 10.7. The molecule has 8 heteroatoms. The number of benzene rings is 2. The van der Waals surface area contributed by atoms with Crippen molar-refractivity contribution in [3.8, 4) is 0 Å². The molecule has 5 nitrogen and oxygen atoms in total. The molecule has 1 amide bonds. The summed E-state index contributed by atoms with van der Waals surface area (Å²) in [7, 11) is 1.84. The van der Waals surface area contributed by atoms with Crippen molar-refractivity contribution in [2.24, 2.45) is 7.05 Å². The van der Waals surface area contributed by atoms with E-state index in [0.29, 0.717) is 5.82 Å². The molecule has 0 aliphatic carbocycles. The standard InChI is InChI=1S/C18H16BrFN4OS/c1-24-16(10-21-17(25)14-4-2-3-5-15(14)20)22-23-18(24)26-11-12-6-8-13(19)9-7-12/h2-9H,10-11H2,1H3,(H,21,25). The first-order valence-corrected chi connectivity index (χ1v) is 9.60. The maximum Gasteiger partial charge on any atom is 0.254 e. The summed E-state index contributed by atoms with van der Waals surface area (Å²) in [5.74, 6) is 0.345. The van der Waals surface area contributed by atoms with Crippen molar-refractivity contribution in [2.45, 2.75) is 17.5 Å². The lowest BCUT2D eigenvalue weighted by atomic mass is 10.2. The fraction of sp³-hybridized carbons (Fsp3) is 0.167. The van der Waals surface area contributed by atoms with Gasteiger partial charge in [0, 0.05) is 17.3 Å². The Hall–Kier alpha value is -2.19. The topological polar surface area (TPSA) is 59.8 Å². The van der Waals surface area contributed by atoms with E-state index in [-0.39, 0.29) is 12.1 Å². The van der Waals surface area contributed by atoms with Crippen LogP contribution in [-0.2, 0) is 19.3 Å². The molecule has 1 N–H and O–H groups in total. The molecule has 0 fully saturated rings. The van der Waals surface area contributed by atoms with E-state index in [9.17, 15) is 9.18 Å². The number of nitrogens with one attached hydrogen (secondary N) is 1. The van der Waals surface area contributed by atoms with Crippen molar-refractivity contribution in [3.63, 3.8) is 0 Å². The van der Waals surface area contributed by atoms with Gasteiger partial charge in [-0.15, -0.1) is 10.2 Å². The highest BCUT2D eigenvalue weighted by atomic mass is 79.9. The lowest BCUT2D eigenvalue weighted by molar-refractivity contribution is 0.0945. The summed E-state index contributed by atoms with van der Waals surface area (Å²) in [6.07, 6.45) is 0. The fourth-order valence-corrected chi connectivity index (χ4v) is 3.40. The molecule has 0 unspecified atom stereocenters. The van der Waals surface area contributed by atoms with E-state index in [2.05, 4.69) is 31.4 Å². The summed E-state index contributed by atoms with van der Waals surface area (Å²) < 4.78 is 16.5. The molecule has 1 aromatic heterocycles. The third-order valence-electron chi connectivity index (χ3n) is 3.73. The van der Waals surface area contributed by atoms with E-state index in [1.165, 1.54) is 17.7 Å². The molecule has 2 aromatic carbocycles. The Morgan fingerprint density at radius 1 is 1.19 bits per heavy atom. The van der Waals surface area contributed by atoms with Crippen molar-refractivity contribution in [1.82, 2.24) is 20.1 Å². The molecule has 0 spiro atoms. The van der Waals surface area contributed by atoms with Gasteiger partial charge in [0.25, 0.3) is 5.91 Å². The number of carbonyl (C=O) groups excluding carboxylic acids is 1. The minimum Gasteiger partial charge on any atom is -0.345 e. The van der Waals surface area contributed by atoms with Gasteiger partial charge in [-0.3, -0.25) is 4.79 Å². The lowest BCUT2D eigenvalue weighted by Gasteiger charge is -2.07. The van der Waals surface area contributed by atoms with Crippen LogP contribution >= 0.6 is 27.7 Å². The largest absolute Gasteiger partial charge is 0.345 e. The first-order valence-electron chi connectivity index (χ1n) is 7.83. The molecule has 3 rings (SSSR count). The van der Waals surface area contributed by atoms with Crippen molar-refractivity contribution in [3.05, 3.63) is 75.8 Å². The molecular formula is C18H16BrFN4OS. The summed E-state index contributed by atoms with van der Waals surface area (Å²) in [5, 5.41) is 11.7. The van der Waals surface area contributed by atoms with Gasteiger partial charge in [-0.05, 0) is 29.8 Å². The van der Waals surface area contributed by atoms with Gasteiger partial charge in [-0.25, -0.2) is 4.39 Å². The molecule has 0 aliphatic rings. The van der Waals surface area contributed by atoms with E-state index >= 15 is 0 Å². The summed E-state index contributed by atoms with van der Waals surface area (Å²) in [4.78, 5) is 12.1. The van der Waals surface area contributed by atoms with Crippen LogP contribution in [0.5, 0.6) is 0 Å². The Balaban J connectivity index is 1.59. The van der Waals surface area contributed by atoms with Crippen LogP contribution in [0.15, 0.2) is 58.2 Å². The highest BCUT2D eigenvalue weighted by molar-refractivity contribution is 9.10. The van der Waals surface area contributed by atoms with E-state index in [0.717, 1.165) is 15.4 Å². The van der Waals surface area contributed by atoms with E-state index < -0.39 is 11.7 Å². The van der Waals surface area contributed by atoms with Gasteiger partial charge in [0.1, 0.15) is 5.82 Å². The van der Waals surface area contributed by atoms with Crippen LogP contribution in [-0.4, -0.2) is 20.7 Å². The monoisotopic (exact) mass is 434 g/mol. The second-order valence-electron chi connectivity index (χ2n) is 5.54. The van der Waals surface area contributed by atoms with Gasteiger partial charge in [0.15, 0.2) is 11.0 Å². The molecule has 0 saturated heterocycles. The Bertz CT molecular complexity index is 914. The van der Waals surface area contributed by atoms with E-state index in [1.54, 1.807) is 23.9 Å². The van der Waals surface area contributed by atoms with Crippen LogP contribution in [0.25, 0.3) is 0 Å². The smallest absolute Gasteiger partial charge is 0.254 e. The Labute approximate surface area is 163 Å². The summed E-state index contributed by atoms with van der Waals surface area (Å²) in [5.41, 5.74) is 1.19. The van der Waals surface area contributed by atoms with Crippen LogP contribution in [0, 0.1) is 5.82 Å². The number of halogens is 2. The van der Waals surface area contributed by atoms with Crippen molar-refractivity contribution >= 4 is 33.6 Å².